The summed E-state index contributed by atoms with van der Waals surface area (Å²) in [7, 11) is 0. The summed E-state index contributed by atoms with van der Waals surface area (Å²) in [6.45, 7) is 4.66. The zero-order valence-corrected chi connectivity index (χ0v) is 18.7. The van der Waals surface area contributed by atoms with Gasteiger partial charge >= 0.3 is 6.18 Å². The third-order valence-corrected chi connectivity index (χ3v) is 5.96. The summed E-state index contributed by atoms with van der Waals surface area (Å²) >= 11 is 1.49. The number of rotatable bonds is 6. The molecule has 174 valence electrons. The molecule has 0 spiro atoms. The number of aromatic nitrogens is 3. The van der Waals surface area contributed by atoms with Gasteiger partial charge in [0.25, 0.3) is 5.91 Å². The Kier molecular flexibility index (Phi) is 6.61. The van der Waals surface area contributed by atoms with Gasteiger partial charge in [-0.15, -0.1) is 16.4 Å². The van der Waals surface area contributed by atoms with E-state index in [0.717, 1.165) is 27.9 Å². The molecule has 1 saturated heterocycles. The topological polar surface area (TPSA) is 86.2 Å². The van der Waals surface area contributed by atoms with Crippen LogP contribution in [-0.2, 0) is 10.9 Å². The predicted molar refractivity (Wildman–Crippen MR) is 115 cm³/mol. The molecular formula is C22H21F3N4O3S. The Balaban J connectivity index is 1.56. The monoisotopic (exact) mass is 478 g/mol. The van der Waals surface area contributed by atoms with Crippen molar-refractivity contribution in [3.63, 3.8) is 0 Å². The molecule has 0 radical (unpaired) electrons. The molecular weight excluding hydrogens is 457 g/mol. The molecule has 1 unspecified atom stereocenters. The fourth-order valence-corrected chi connectivity index (χ4v) is 4.04. The second kappa shape index (κ2) is 9.44. The lowest BCUT2D eigenvalue weighted by Gasteiger charge is -2.16. The number of nitrogens with one attached hydrogen (secondary N) is 1. The van der Waals surface area contributed by atoms with Crippen LogP contribution < -0.4 is 10.1 Å². The van der Waals surface area contributed by atoms with Crippen LogP contribution in [-0.4, -0.2) is 40.4 Å². The molecule has 33 heavy (non-hydrogen) atoms. The Morgan fingerprint density at radius 2 is 2.09 bits per heavy atom. The zero-order chi connectivity index (χ0) is 23.6. The van der Waals surface area contributed by atoms with Gasteiger partial charge in [0.15, 0.2) is 5.69 Å². The first-order valence-electron chi connectivity index (χ1n) is 10.2. The second-order valence-electron chi connectivity index (χ2n) is 7.66. The van der Waals surface area contributed by atoms with Gasteiger partial charge in [-0.1, -0.05) is 0 Å². The van der Waals surface area contributed by atoms with E-state index in [-0.39, 0.29) is 11.8 Å². The Bertz CT molecular complexity index is 1130. The van der Waals surface area contributed by atoms with Crippen LogP contribution in [0.3, 0.4) is 0 Å². The third-order valence-electron chi connectivity index (χ3n) is 4.99. The van der Waals surface area contributed by atoms with Crippen molar-refractivity contribution in [2.75, 3.05) is 13.2 Å². The number of hydrogen-bond donors (Lipinski definition) is 1. The fraction of sp³-hybridized carbons (Fsp3) is 0.364. The zero-order valence-electron chi connectivity index (χ0n) is 17.8. The fourth-order valence-electron chi connectivity index (χ4n) is 3.29. The minimum absolute atomic E-state index is 0.101. The van der Waals surface area contributed by atoms with E-state index >= 15 is 0 Å². The highest BCUT2D eigenvalue weighted by atomic mass is 32.1. The largest absolute Gasteiger partial charge is 0.488 e. The van der Waals surface area contributed by atoms with Gasteiger partial charge in [0.2, 0.25) is 0 Å². The SMILES string of the molecule is Cc1cnc(-c2cc(O[C@H]3CCOC3)cc(C(=O)NC(C)c3ccc(C(F)(F)F)nn3)c2)s1. The average Bonchev–Trinajstić information content (AvgIpc) is 3.44. The standard InChI is InChI=1S/C22H21F3N4O3S/c1-12-10-26-21(33-12)15-7-14(8-17(9-15)32-16-5-6-31-11-16)20(30)27-13(2)18-3-4-19(29-28-18)22(23,24)25/h3-4,7-10,13,16H,5-6,11H2,1-2H3,(H,27,30)/t13?,16-/m0/s1. The van der Waals surface area contributed by atoms with Gasteiger partial charge < -0.3 is 14.8 Å². The summed E-state index contributed by atoms with van der Waals surface area (Å²) < 4.78 is 49.5. The summed E-state index contributed by atoms with van der Waals surface area (Å²) in [6, 6.07) is 6.54. The summed E-state index contributed by atoms with van der Waals surface area (Å²) in [5.41, 5.74) is 0.189. The molecule has 3 aromatic rings. The highest BCUT2D eigenvalue weighted by Gasteiger charge is 2.33. The van der Waals surface area contributed by atoms with Gasteiger partial charge in [-0.2, -0.15) is 18.3 Å². The molecule has 2 aromatic heterocycles. The third kappa shape index (κ3) is 5.66. The van der Waals surface area contributed by atoms with Crippen molar-refractivity contribution in [1.82, 2.24) is 20.5 Å². The first kappa shape index (κ1) is 23.1. The number of alkyl halides is 3. The lowest BCUT2D eigenvalue weighted by Crippen LogP contribution is -2.28. The van der Waals surface area contributed by atoms with Crippen LogP contribution >= 0.6 is 11.3 Å². The lowest BCUT2D eigenvalue weighted by atomic mass is 10.1. The highest BCUT2D eigenvalue weighted by Crippen LogP contribution is 2.31. The van der Waals surface area contributed by atoms with Crippen molar-refractivity contribution >= 4 is 17.2 Å². The van der Waals surface area contributed by atoms with Gasteiger partial charge in [-0.3, -0.25) is 4.79 Å². The minimum Gasteiger partial charge on any atom is -0.488 e. The van der Waals surface area contributed by atoms with Crippen LogP contribution in [0, 0.1) is 6.92 Å². The molecule has 1 aromatic carbocycles. The molecule has 1 fully saturated rings. The smallest absolute Gasteiger partial charge is 0.435 e. The molecule has 1 amide bonds. The van der Waals surface area contributed by atoms with E-state index in [1.165, 1.54) is 17.4 Å². The number of carbonyl (C=O) groups excluding carboxylic acids is 1. The predicted octanol–water partition coefficient (Wildman–Crippen LogP) is 4.59. The van der Waals surface area contributed by atoms with Crippen LogP contribution in [0.4, 0.5) is 13.2 Å². The van der Waals surface area contributed by atoms with Crippen molar-refractivity contribution < 1.29 is 27.4 Å². The Labute approximate surface area is 192 Å². The Morgan fingerprint density at radius 3 is 2.70 bits per heavy atom. The number of halogens is 3. The number of aryl methyl sites for hydroxylation is 1. The minimum atomic E-state index is -4.58. The number of nitrogens with zero attached hydrogens (tertiary/aromatic N) is 3. The summed E-state index contributed by atoms with van der Waals surface area (Å²) in [4.78, 5) is 18.4. The highest BCUT2D eigenvalue weighted by molar-refractivity contribution is 7.14. The molecule has 0 bridgehead atoms. The van der Waals surface area contributed by atoms with Gasteiger partial charge in [0.1, 0.15) is 16.9 Å². The van der Waals surface area contributed by atoms with Crippen LogP contribution in [0.5, 0.6) is 5.75 Å². The van der Waals surface area contributed by atoms with Crippen molar-refractivity contribution in [3.8, 4) is 16.3 Å². The second-order valence-corrected chi connectivity index (χ2v) is 8.90. The lowest BCUT2D eigenvalue weighted by molar-refractivity contribution is -0.141. The van der Waals surface area contributed by atoms with Gasteiger partial charge in [-0.25, -0.2) is 4.98 Å². The number of benzene rings is 1. The van der Waals surface area contributed by atoms with E-state index in [9.17, 15) is 18.0 Å². The summed E-state index contributed by atoms with van der Waals surface area (Å²) in [6.07, 6.45) is -2.17. The summed E-state index contributed by atoms with van der Waals surface area (Å²) in [5.74, 6) is 0.0924. The molecule has 0 aliphatic carbocycles. The molecule has 11 heteroatoms. The van der Waals surface area contributed by atoms with E-state index in [1.54, 1.807) is 25.3 Å². The average molecular weight is 478 g/mol. The quantitative estimate of drug-likeness (QED) is 0.558. The molecule has 2 atom stereocenters. The molecule has 0 saturated carbocycles. The number of thiazole rings is 1. The number of carbonyl (C=O) groups is 1. The first-order chi connectivity index (χ1) is 15.7. The maximum atomic E-state index is 13.0. The maximum Gasteiger partial charge on any atom is 0.435 e. The first-order valence-corrected chi connectivity index (χ1v) is 11.0. The van der Waals surface area contributed by atoms with Crippen LogP contribution in [0.2, 0.25) is 0 Å². The molecule has 4 rings (SSSR count). The van der Waals surface area contributed by atoms with Crippen molar-refractivity contribution in [2.24, 2.45) is 0 Å². The van der Waals surface area contributed by atoms with Gasteiger partial charge in [0.05, 0.1) is 24.9 Å². The Hall–Kier alpha value is -3.05. The normalized spacial score (nSPS) is 17.1. The van der Waals surface area contributed by atoms with Crippen LogP contribution in [0.25, 0.3) is 10.6 Å². The van der Waals surface area contributed by atoms with Crippen LogP contribution in [0.1, 0.15) is 46.0 Å². The summed E-state index contributed by atoms with van der Waals surface area (Å²) in [5, 5.41) is 10.3. The molecule has 1 aliphatic heterocycles. The van der Waals surface area contributed by atoms with Gasteiger partial charge in [-0.05, 0) is 44.2 Å². The van der Waals surface area contributed by atoms with E-state index < -0.39 is 23.8 Å². The number of ether oxygens (including phenoxy) is 2. The Morgan fingerprint density at radius 1 is 1.27 bits per heavy atom. The van der Waals surface area contributed by atoms with E-state index in [0.29, 0.717) is 24.5 Å². The van der Waals surface area contributed by atoms with Gasteiger partial charge in [0, 0.05) is 28.6 Å². The van der Waals surface area contributed by atoms with E-state index in [1.807, 2.05) is 13.0 Å². The van der Waals surface area contributed by atoms with Crippen molar-refractivity contribution in [2.45, 2.75) is 38.6 Å². The number of amides is 1. The van der Waals surface area contributed by atoms with Crippen molar-refractivity contribution in [1.29, 1.82) is 0 Å². The maximum absolute atomic E-state index is 13.0. The number of hydrogen-bond acceptors (Lipinski definition) is 7. The molecule has 7 nitrogen and oxygen atoms in total. The molecule has 1 N–H and O–H groups in total. The molecule has 3 heterocycles. The van der Waals surface area contributed by atoms with E-state index in [4.69, 9.17) is 9.47 Å². The van der Waals surface area contributed by atoms with E-state index in [2.05, 4.69) is 20.5 Å². The van der Waals surface area contributed by atoms with Crippen molar-refractivity contribution in [3.05, 3.63) is 58.4 Å². The van der Waals surface area contributed by atoms with Crippen LogP contribution in [0.15, 0.2) is 36.5 Å². The molecule has 1 aliphatic rings.